The lowest BCUT2D eigenvalue weighted by Gasteiger charge is -2.16. The number of primary amides is 1. The summed E-state index contributed by atoms with van der Waals surface area (Å²) in [6.07, 6.45) is 1.07. The number of nitrogens with two attached hydrogens (primary N) is 1. The average Bonchev–Trinajstić information content (AvgIpc) is 2.75. The van der Waals surface area contributed by atoms with E-state index in [2.05, 4.69) is 10.6 Å². The van der Waals surface area contributed by atoms with Gasteiger partial charge in [-0.05, 0) is 42.7 Å². The van der Waals surface area contributed by atoms with Gasteiger partial charge in [-0.3, -0.25) is 14.4 Å². The van der Waals surface area contributed by atoms with Crippen molar-refractivity contribution in [3.63, 3.8) is 0 Å². The normalized spacial score (nSPS) is 11.3. The van der Waals surface area contributed by atoms with E-state index in [0.717, 1.165) is 18.4 Å². The van der Waals surface area contributed by atoms with E-state index in [1.165, 1.54) is 24.3 Å². The number of nitrogens with one attached hydrogen (secondary N) is 2. The van der Waals surface area contributed by atoms with Crippen LogP contribution >= 0.6 is 11.6 Å². The number of ether oxygens (including phenoxy) is 1. The smallest absolute Gasteiger partial charge is 0.329 e. The van der Waals surface area contributed by atoms with Crippen molar-refractivity contribution in [3.8, 4) is 0 Å². The maximum Gasteiger partial charge on any atom is 0.329 e. The van der Waals surface area contributed by atoms with Gasteiger partial charge >= 0.3 is 5.97 Å². The molecule has 0 aliphatic heterocycles. The number of benzene rings is 2. The predicted molar refractivity (Wildman–Crippen MR) is 115 cm³/mol. The first-order valence-corrected chi connectivity index (χ1v) is 10.0. The molecule has 0 aromatic heterocycles. The van der Waals surface area contributed by atoms with Gasteiger partial charge in [0.05, 0.1) is 6.42 Å². The van der Waals surface area contributed by atoms with Crippen LogP contribution in [0.2, 0.25) is 5.02 Å². The van der Waals surface area contributed by atoms with Crippen LogP contribution in [0.15, 0.2) is 54.6 Å². The first-order valence-electron chi connectivity index (χ1n) is 9.67. The van der Waals surface area contributed by atoms with Gasteiger partial charge in [-0.15, -0.1) is 0 Å². The number of halogens is 1. The van der Waals surface area contributed by atoms with Crippen LogP contribution in [0.25, 0.3) is 0 Å². The molecule has 0 bridgehead atoms. The van der Waals surface area contributed by atoms with Crippen molar-refractivity contribution in [2.24, 2.45) is 5.73 Å². The van der Waals surface area contributed by atoms with Crippen LogP contribution < -0.4 is 16.4 Å². The minimum absolute atomic E-state index is 0.239. The Kier molecular flexibility index (Phi) is 9.51. The van der Waals surface area contributed by atoms with Crippen molar-refractivity contribution in [3.05, 3.63) is 70.7 Å². The molecule has 0 aliphatic rings. The zero-order chi connectivity index (χ0) is 22.6. The van der Waals surface area contributed by atoms with E-state index in [-0.39, 0.29) is 5.56 Å². The van der Waals surface area contributed by atoms with Crippen molar-refractivity contribution in [2.75, 3.05) is 13.2 Å². The molecule has 31 heavy (non-hydrogen) atoms. The second-order valence-electron chi connectivity index (χ2n) is 6.75. The van der Waals surface area contributed by atoms with Crippen LogP contribution in [0.4, 0.5) is 0 Å². The number of hydrogen-bond acceptors (Lipinski definition) is 5. The summed E-state index contributed by atoms with van der Waals surface area (Å²) in [7, 11) is 0. The summed E-state index contributed by atoms with van der Waals surface area (Å²) in [4.78, 5) is 47.7. The molecule has 0 saturated heterocycles. The third-order valence-electron chi connectivity index (χ3n) is 4.25. The van der Waals surface area contributed by atoms with Crippen molar-refractivity contribution in [1.82, 2.24) is 10.6 Å². The average molecular weight is 446 g/mol. The first-order chi connectivity index (χ1) is 14.8. The maximum atomic E-state index is 12.3. The molecule has 0 heterocycles. The lowest BCUT2D eigenvalue weighted by Crippen LogP contribution is -2.45. The summed E-state index contributed by atoms with van der Waals surface area (Å²) < 4.78 is 4.94. The summed E-state index contributed by atoms with van der Waals surface area (Å²) in [6.45, 7) is -0.112. The molecule has 9 heteroatoms. The molecule has 1 atom stereocenters. The molecule has 0 saturated carbocycles. The van der Waals surface area contributed by atoms with Crippen molar-refractivity contribution in [2.45, 2.75) is 25.3 Å². The van der Waals surface area contributed by atoms with Crippen LogP contribution in [0.5, 0.6) is 0 Å². The van der Waals surface area contributed by atoms with Gasteiger partial charge in [0.15, 0.2) is 6.61 Å². The number of rotatable bonds is 11. The fourth-order valence-electron chi connectivity index (χ4n) is 2.69. The molecule has 8 nitrogen and oxygen atoms in total. The monoisotopic (exact) mass is 445 g/mol. The number of esters is 1. The summed E-state index contributed by atoms with van der Waals surface area (Å²) in [5.41, 5.74) is 6.56. The van der Waals surface area contributed by atoms with E-state index in [9.17, 15) is 19.2 Å². The summed E-state index contributed by atoms with van der Waals surface area (Å²) in [5, 5.41) is 5.49. The Labute approximate surface area is 185 Å². The Morgan fingerprint density at radius 2 is 1.68 bits per heavy atom. The highest BCUT2D eigenvalue weighted by Crippen LogP contribution is 2.10. The topological polar surface area (TPSA) is 128 Å². The molecular formula is C22H24ClN3O5. The molecule has 0 aliphatic carbocycles. The Balaban J connectivity index is 1.78. The SMILES string of the molecule is NC(=O)C[C@@H](NC(=O)c1ccc(Cl)cc1)C(=O)OCC(=O)NCCCc1ccccc1. The van der Waals surface area contributed by atoms with Crippen molar-refractivity contribution >= 4 is 35.3 Å². The first kappa shape index (κ1) is 23.9. The van der Waals surface area contributed by atoms with E-state index in [1.54, 1.807) is 0 Å². The minimum Gasteiger partial charge on any atom is -0.454 e. The maximum absolute atomic E-state index is 12.3. The summed E-state index contributed by atoms with van der Waals surface area (Å²) >= 11 is 5.78. The Morgan fingerprint density at radius 3 is 2.32 bits per heavy atom. The zero-order valence-corrected chi connectivity index (χ0v) is 17.6. The number of amides is 3. The summed E-state index contributed by atoms with van der Waals surface area (Å²) in [5.74, 6) is -2.82. The fraction of sp³-hybridized carbons (Fsp3) is 0.273. The molecule has 3 amide bonds. The second kappa shape index (κ2) is 12.3. The van der Waals surface area contributed by atoms with E-state index < -0.39 is 42.8 Å². The molecule has 2 aromatic rings. The highest BCUT2D eigenvalue weighted by Gasteiger charge is 2.25. The molecule has 0 fully saturated rings. The standard InChI is InChI=1S/C22H24ClN3O5/c23-17-10-8-16(9-11-17)21(29)26-18(13-19(24)27)22(30)31-14-20(28)25-12-4-7-15-5-2-1-3-6-15/h1-3,5-6,8-11,18H,4,7,12-14H2,(H2,24,27)(H,25,28)(H,26,29)/t18-/m1/s1. The third-order valence-corrected chi connectivity index (χ3v) is 4.51. The van der Waals surface area contributed by atoms with Gasteiger partial charge in [-0.25, -0.2) is 4.79 Å². The predicted octanol–water partition coefficient (Wildman–Crippen LogP) is 1.61. The molecular weight excluding hydrogens is 422 g/mol. The minimum atomic E-state index is -1.31. The van der Waals surface area contributed by atoms with Gasteiger partial charge in [-0.2, -0.15) is 0 Å². The van der Waals surface area contributed by atoms with Crippen molar-refractivity contribution < 1.29 is 23.9 Å². The highest BCUT2D eigenvalue weighted by atomic mass is 35.5. The van der Waals surface area contributed by atoms with Crippen LogP contribution in [-0.2, 0) is 25.5 Å². The Morgan fingerprint density at radius 1 is 1.00 bits per heavy atom. The second-order valence-corrected chi connectivity index (χ2v) is 7.19. The molecule has 2 aromatic carbocycles. The van der Waals surface area contributed by atoms with Gasteiger partial charge in [0, 0.05) is 17.1 Å². The number of carbonyl (C=O) groups is 4. The van der Waals surface area contributed by atoms with E-state index in [0.29, 0.717) is 11.6 Å². The van der Waals surface area contributed by atoms with Crippen LogP contribution in [0.1, 0.15) is 28.8 Å². The van der Waals surface area contributed by atoms with Crippen LogP contribution in [0.3, 0.4) is 0 Å². The molecule has 4 N–H and O–H groups in total. The quantitative estimate of drug-likeness (QED) is 0.357. The molecule has 0 radical (unpaired) electrons. The number of carbonyl (C=O) groups excluding carboxylic acids is 4. The molecule has 0 spiro atoms. The number of hydrogen-bond donors (Lipinski definition) is 3. The molecule has 0 unspecified atom stereocenters. The van der Waals surface area contributed by atoms with Gasteiger partial charge in [-0.1, -0.05) is 41.9 Å². The van der Waals surface area contributed by atoms with Crippen LogP contribution in [0, 0.1) is 0 Å². The van der Waals surface area contributed by atoms with Gasteiger partial charge in [0.1, 0.15) is 6.04 Å². The lowest BCUT2D eigenvalue weighted by atomic mass is 10.1. The largest absolute Gasteiger partial charge is 0.454 e. The number of aryl methyl sites for hydroxylation is 1. The Hall–Kier alpha value is -3.39. The third kappa shape index (κ3) is 8.88. The highest BCUT2D eigenvalue weighted by molar-refractivity contribution is 6.30. The lowest BCUT2D eigenvalue weighted by molar-refractivity contribution is -0.151. The van der Waals surface area contributed by atoms with Gasteiger partial charge in [0.2, 0.25) is 5.91 Å². The van der Waals surface area contributed by atoms with E-state index in [4.69, 9.17) is 22.1 Å². The Bertz CT molecular complexity index is 903. The fourth-order valence-corrected chi connectivity index (χ4v) is 2.82. The van der Waals surface area contributed by atoms with Gasteiger partial charge < -0.3 is 21.1 Å². The zero-order valence-electron chi connectivity index (χ0n) is 16.8. The summed E-state index contributed by atoms with van der Waals surface area (Å²) in [6, 6.07) is 14.5. The molecule has 164 valence electrons. The molecule has 2 rings (SSSR count). The van der Waals surface area contributed by atoms with E-state index in [1.807, 2.05) is 30.3 Å². The van der Waals surface area contributed by atoms with Crippen molar-refractivity contribution in [1.29, 1.82) is 0 Å². The van der Waals surface area contributed by atoms with E-state index >= 15 is 0 Å². The van der Waals surface area contributed by atoms with Crippen LogP contribution in [-0.4, -0.2) is 42.9 Å². The van der Waals surface area contributed by atoms with Gasteiger partial charge in [0.25, 0.3) is 11.8 Å².